The van der Waals surface area contributed by atoms with Gasteiger partial charge in [-0.05, 0) is 29.2 Å². The van der Waals surface area contributed by atoms with Crippen molar-refractivity contribution in [3.8, 4) is 17.2 Å². The largest absolute Gasteiger partial charge is 0.493 e. The first-order valence-corrected chi connectivity index (χ1v) is 8.86. The third kappa shape index (κ3) is 6.78. The van der Waals surface area contributed by atoms with Gasteiger partial charge in [0.25, 0.3) is 0 Å². The zero-order valence-electron chi connectivity index (χ0n) is 17.1. The molecule has 6 nitrogen and oxygen atoms in total. The first-order chi connectivity index (χ1) is 12.8. The zero-order valence-corrected chi connectivity index (χ0v) is 19.4. The van der Waals surface area contributed by atoms with E-state index in [1.54, 1.807) is 26.4 Å². The first kappa shape index (κ1) is 23.9. The van der Waals surface area contributed by atoms with Crippen molar-refractivity contribution in [3.05, 3.63) is 48.0 Å². The van der Waals surface area contributed by atoms with Crippen molar-refractivity contribution < 1.29 is 14.2 Å². The molecule has 0 amide bonds. The van der Waals surface area contributed by atoms with E-state index in [1.807, 2.05) is 24.3 Å². The summed E-state index contributed by atoms with van der Waals surface area (Å²) in [5, 5.41) is 3.04. The van der Waals surface area contributed by atoms with Crippen LogP contribution < -0.4 is 25.3 Å². The average Bonchev–Trinajstić information content (AvgIpc) is 2.64. The van der Waals surface area contributed by atoms with E-state index in [2.05, 4.69) is 37.1 Å². The Balaban J connectivity index is 0.00000392. The van der Waals surface area contributed by atoms with Gasteiger partial charge >= 0.3 is 0 Å². The molecule has 0 aliphatic heterocycles. The van der Waals surface area contributed by atoms with Crippen molar-refractivity contribution >= 4 is 35.6 Å². The number of hydrogen-bond acceptors (Lipinski definition) is 4. The Morgan fingerprint density at radius 1 is 1.00 bits per heavy atom. The highest BCUT2D eigenvalue weighted by molar-refractivity contribution is 14.0. The number of aliphatic imine (C=N–C) groups is 1. The number of hydrogen-bond donors (Lipinski definition) is 2. The highest BCUT2D eigenvalue weighted by atomic mass is 127. The van der Waals surface area contributed by atoms with Gasteiger partial charge in [0.2, 0.25) is 0 Å². The monoisotopic (exact) mass is 499 g/mol. The number of para-hydroxylation sites is 1. The highest BCUT2D eigenvalue weighted by Crippen LogP contribution is 2.31. The van der Waals surface area contributed by atoms with Crippen molar-refractivity contribution in [3.63, 3.8) is 0 Å². The van der Waals surface area contributed by atoms with Crippen molar-refractivity contribution in [1.29, 1.82) is 0 Å². The van der Waals surface area contributed by atoms with Crippen LogP contribution in [0.4, 0.5) is 5.69 Å². The van der Waals surface area contributed by atoms with Crippen LogP contribution in [0.25, 0.3) is 0 Å². The molecule has 0 heterocycles. The molecule has 0 spiro atoms. The zero-order chi connectivity index (χ0) is 19.9. The lowest BCUT2D eigenvalue weighted by atomic mass is 9.86. The van der Waals surface area contributed by atoms with E-state index in [0.29, 0.717) is 30.6 Å². The number of halogens is 1. The van der Waals surface area contributed by atoms with Crippen LogP contribution in [0, 0.1) is 0 Å². The maximum Gasteiger partial charge on any atom is 0.193 e. The van der Waals surface area contributed by atoms with E-state index in [4.69, 9.17) is 19.9 Å². The van der Waals surface area contributed by atoms with Gasteiger partial charge in [0.15, 0.2) is 17.5 Å². The molecule has 0 unspecified atom stereocenters. The van der Waals surface area contributed by atoms with Gasteiger partial charge in [-0.3, -0.25) is 0 Å². The minimum absolute atomic E-state index is 0. The van der Waals surface area contributed by atoms with Gasteiger partial charge in [-0.1, -0.05) is 39.0 Å². The van der Waals surface area contributed by atoms with E-state index in [-0.39, 0.29) is 29.4 Å². The molecule has 2 rings (SSSR count). The summed E-state index contributed by atoms with van der Waals surface area (Å²) in [4.78, 5) is 4.31. The fraction of sp³-hybridized carbons (Fsp3) is 0.381. The fourth-order valence-corrected chi connectivity index (χ4v) is 2.64. The van der Waals surface area contributed by atoms with Gasteiger partial charge < -0.3 is 25.3 Å². The molecule has 0 fully saturated rings. The molecular formula is C21H30IN3O3. The van der Waals surface area contributed by atoms with Gasteiger partial charge in [0, 0.05) is 11.8 Å². The predicted molar refractivity (Wildman–Crippen MR) is 126 cm³/mol. The van der Waals surface area contributed by atoms with Crippen LogP contribution in [0.5, 0.6) is 17.2 Å². The summed E-state index contributed by atoms with van der Waals surface area (Å²) in [5.74, 6) is 2.48. The number of anilines is 1. The Morgan fingerprint density at radius 3 is 2.32 bits per heavy atom. The third-order valence-corrected chi connectivity index (χ3v) is 3.98. The molecule has 0 aliphatic rings. The molecule has 0 aromatic heterocycles. The van der Waals surface area contributed by atoms with Gasteiger partial charge in [-0.2, -0.15) is 0 Å². The molecule has 154 valence electrons. The molecule has 0 atom stereocenters. The van der Waals surface area contributed by atoms with Crippen molar-refractivity contribution in [2.24, 2.45) is 10.7 Å². The van der Waals surface area contributed by atoms with Gasteiger partial charge in [-0.15, -0.1) is 24.0 Å². The molecule has 2 aromatic rings. The highest BCUT2D eigenvalue weighted by Gasteiger charge is 2.18. The van der Waals surface area contributed by atoms with Crippen molar-refractivity contribution in [2.45, 2.75) is 26.2 Å². The van der Waals surface area contributed by atoms with Gasteiger partial charge in [0.1, 0.15) is 12.4 Å². The number of nitrogens with two attached hydrogens (primary N) is 1. The second-order valence-corrected chi connectivity index (χ2v) is 7.06. The molecule has 3 N–H and O–H groups in total. The third-order valence-electron chi connectivity index (χ3n) is 3.98. The minimum Gasteiger partial charge on any atom is -0.493 e. The first-order valence-electron chi connectivity index (χ1n) is 8.86. The molecule has 0 bridgehead atoms. The summed E-state index contributed by atoms with van der Waals surface area (Å²) < 4.78 is 16.4. The van der Waals surface area contributed by atoms with Gasteiger partial charge in [-0.25, -0.2) is 4.99 Å². The Labute approximate surface area is 184 Å². The van der Waals surface area contributed by atoms with E-state index in [9.17, 15) is 0 Å². The maximum absolute atomic E-state index is 5.96. The summed E-state index contributed by atoms with van der Waals surface area (Å²) >= 11 is 0. The fourth-order valence-electron chi connectivity index (χ4n) is 2.64. The van der Waals surface area contributed by atoms with Crippen LogP contribution in [0.15, 0.2) is 47.5 Å². The van der Waals surface area contributed by atoms with E-state index in [1.165, 1.54) is 5.56 Å². The molecule has 7 heteroatoms. The molecule has 0 saturated heterocycles. The number of nitrogens with one attached hydrogen (secondary N) is 1. The van der Waals surface area contributed by atoms with Crippen LogP contribution in [0.2, 0.25) is 0 Å². The average molecular weight is 499 g/mol. The van der Waals surface area contributed by atoms with Gasteiger partial charge in [0.05, 0.1) is 20.8 Å². The SMILES string of the molecule is COc1ccc(NC(N)=NCCOc2ccccc2C(C)(C)C)cc1OC.I. The van der Waals surface area contributed by atoms with E-state index in [0.717, 1.165) is 11.4 Å². The molecule has 0 radical (unpaired) electrons. The molecule has 0 saturated carbocycles. The molecule has 28 heavy (non-hydrogen) atoms. The summed E-state index contributed by atoms with van der Waals surface area (Å²) in [5.41, 5.74) is 7.92. The Hall–Kier alpha value is -2.16. The quantitative estimate of drug-likeness (QED) is 0.255. The smallest absolute Gasteiger partial charge is 0.193 e. The number of rotatable bonds is 7. The van der Waals surface area contributed by atoms with Crippen LogP contribution >= 0.6 is 24.0 Å². The molecule has 0 aliphatic carbocycles. The van der Waals surface area contributed by atoms with Crippen molar-refractivity contribution in [1.82, 2.24) is 0 Å². The van der Waals surface area contributed by atoms with Crippen LogP contribution in [0.3, 0.4) is 0 Å². The summed E-state index contributed by atoms with van der Waals surface area (Å²) in [6.07, 6.45) is 0. The Bertz CT molecular complexity index is 789. The topological polar surface area (TPSA) is 78.1 Å². The second kappa shape index (κ2) is 11.0. The second-order valence-electron chi connectivity index (χ2n) is 7.06. The summed E-state index contributed by atoms with van der Waals surface area (Å²) in [6.45, 7) is 7.39. The van der Waals surface area contributed by atoms with E-state index >= 15 is 0 Å². The lowest BCUT2D eigenvalue weighted by Gasteiger charge is -2.22. The Morgan fingerprint density at radius 2 is 1.68 bits per heavy atom. The maximum atomic E-state index is 5.96. The number of nitrogens with zero attached hydrogens (tertiary/aromatic N) is 1. The van der Waals surface area contributed by atoms with Crippen molar-refractivity contribution in [2.75, 3.05) is 32.7 Å². The number of benzene rings is 2. The minimum atomic E-state index is 0. The predicted octanol–water partition coefficient (Wildman–Crippen LogP) is 4.42. The van der Waals surface area contributed by atoms with E-state index < -0.39 is 0 Å². The lowest BCUT2D eigenvalue weighted by molar-refractivity contribution is 0.319. The van der Waals surface area contributed by atoms with Crippen LogP contribution in [-0.2, 0) is 5.41 Å². The lowest BCUT2D eigenvalue weighted by Crippen LogP contribution is -2.23. The molecule has 2 aromatic carbocycles. The standard InChI is InChI=1S/C21H29N3O3.HI/c1-21(2,3)16-8-6-7-9-17(16)27-13-12-23-20(22)24-15-10-11-18(25-4)19(14-15)26-5;/h6-11,14H,12-13H2,1-5H3,(H3,22,23,24);1H. The van der Waals surface area contributed by atoms with Crippen LogP contribution in [-0.4, -0.2) is 33.3 Å². The number of guanidine groups is 1. The normalized spacial score (nSPS) is 11.4. The molecular weight excluding hydrogens is 469 g/mol. The number of ether oxygens (including phenoxy) is 3. The number of methoxy groups -OCH3 is 2. The van der Waals surface area contributed by atoms with Crippen LogP contribution in [0.1, 0.15) is 26.3 Å². The summed E-state index contributed by atoms with van der Waals surface area (Å²) in [7, 11) is 3.18. The Kier molecular flexibility index (Phi) is 9.37. The summed E-state index contributed by atoms with van der Waals surface area (Å²) in [6, 6.07) is 13.5.